The van der Waals surface area contributed by atoms with Gasteiger partial charge in [0.05, 0.1) is 29.1 Å². The number of hydrogen-bond donors (Lipinski definition) is 1. The highest BCUT2D eigenvalue weighted by atomic mass is 79.9. The van der Waals surface area contributed by atoms with E-state index in [-0.39, 0.29) is 25.3 Å². The number of halogens is 3. The van der Waals surface area contributed by atoms with E-state index < -0.39 is 5.41 Å². The number of rotatable bonds is 5. The van der Waals surface area contributed by atoms with E-state index in [9.17, 15) is 4.79 Å². The lowest BCUT2D eigenvalue weighted by molar-refractivity contribution is -0.155. The van der Waals surface area contributed by atoms with Crippen molar-refractivity contribution in [3.63, 3.8) is 0 Å². The summed E-state index contributed by atoms with van der Waals surface area (Å²) in [5.41, 5.74) is 0.0291. The molecule has 3 aliphatic rings. The van der Waals surface area contributed by atoms with Crippen molar-refractivity contribution in [2.75, 3.05) is 19.5 Å². The normalized spacial score (nSPS) is 32.2. The molecule has 0 spiro atoms. The zero-order chi connectivity index (χ0) is 18.6. The van der Waals surface area contributed by atoms with E-state index in [1.807, 2.05) is 6.07 Å². The fraction of sp³-hybridized carbons (Fsp3) is 0.611. The van der Waals surface area contributed by atoms with Gasteiger partial charge in [0, 0.05) is 16.3 Å². The number of carbonyl (C=O) groups is 1. The molecule has 4 rings (SSSR count). The van der Waals surface area contributed by atoms with Gasteiger partial charge in [-0.05, 0) is 30.4 Å². The Hall–Kier alpha value is -0.270. The first-order valence-electron chi connectivity index (χ1n) is 8.14. The van der Waals surface area contributed by atoms with Gasteiger partial charge in [-0.2, -0.15) is 0 Å². The zero-order valence-corrected chi connectivity index (χ0v) is 19.4. The van der Waals surface area contributed by atoms with E-state index in [1.165, 1.54) is 0 Å². The molecular weight excluding hydrogens is 518 g/mol. The Kier molecular flexibility index (Phi) is 5.00. The number of hydrogen-bond acceptors (Lipinski definition) is 3. The SMILES string of the molecule is COc1ccc(OC)c(NC(=O)C23CCC(C(Br)Br)(C2Br)C3(C)C)c1. The third-order valence-electron chi connectivity index (χ3n) is 6.55. The van der Waals surface area contributed by atoms with Gasteiger partial charge in [-0.25, -0.2) is 0 Å². The van der Waals surface area contributed by atoms with Crippen molar-refractivity contribution >= 4 is 59.4 Å². The molecule has 7 heteroatoms. The van der Waals surface area contributed by atoms with Crippen molar-refractivity contribution in [3.05, 3.63) is 18.2 Å². The molecule has 1 amide bonds. The smallest absolute Gasteiger partial charge is 0.232 e. The first-order valence-corrected chi connectivity index (χ1v) is 10.9. The van der Waals surface area contributed by atoms with Crippen molar-refractivity contribution in [2.24, 2.45) is 16.2 Å². The van der Waals surface area contributed by atoms with Crippen LogP contribution in [0.3, 0.4) is 0 Å². The lowest BCUT2D eigenvalue weighted by atomic mass is 9.43. The number of alkyl halides is 3. The summed E-state index contributed by atoms with van der Waals surface area (Å²) < 4.78 is 10.8. The molecule has 1 aromatic rings. The fourth-order valence-corrected chi connectivity index (χ4v) is 9.76. The summed E-state index contributed by atoms with van der Waals surface area (Å²) in [7, 11) is 3.20. The first-order chi connectivity index (χ1) is 11.7. The molecule has 0 aliphatic heterocycles. The number of ether oxygens (including phenoxy) is 2. The summed E-state index contributed by atoms with van der Waals surface area (Å²) in [6.45, 7) is 4.38. The molecule has 3 saturated carbocycles. The Morgan fingerprint density at radius 2 is 1.92 bits per heavy atom. The second-order valence-electron chi connectivity index (χ2n) is 7.32. The fourth-order valence-electron chi connectivity index (χ4n) is 4.84. The highest BCUT2D eigenvalue weighted by molar-refractivity contribution is 9.24. The van der Waals surface area contributed by atoms with Crippen LogP contribution in [-0.4, -0.2) is 28.7 Å². The van der Waals surface area contributed by atoms with Crippen LogP contribution in [0.4, 0.5) is 5.69 Å². The Bertz CT molecular complexity index is 709. The van der Waals surface area contributed by atoms with Gasteiger partial charge in [0.15, 0.2) is 0 Å². The van der Waals surface area contributed by atoms with Gasteiger partial charge in [0.2, 0.25) is 5.91 Å². The monoisotopic (exact) mass is 537 g/mol. The van der Waals surface area contributed by atoms with E-state index in [2.05, 4.69) is 67.0 Å². The maximum absolute atomic E-state index is 13.4. The number of carbonyl (C=O) groups excluding carboxylic acids is 1. The Balaban J connectivity index is 1.93. The number of nitrogens with one attached hydrogen (secondary N) is 1. The van der Waals surface area contributed by atoms with Crippen LogP contribution < -0.4 is 14.8 Å². The molecule has 25 heavy (non-hydrogen) atoms. The Labute approximate surface area is 173 Å². The number of methoxy groups -OCH3 is 2. The Morgan fingerprint density at radius 3 is 2.40 bits per heavy atom. The second kappa shape index (κ2) is 6.41. The highest BCUT2D eigenvalue weighted by Crippen LogP contribution is 2.82. The van der Waals surface area contributed by atoms with Gasteiger partial charge in [-0.15, -0.1) is 0 Å². The molecule has 138 valence electrons. The average Bonchev–Trinajstić information content (AvgIpc) is 3.04. The second-order valence-corrected chi connectivity index (χ2v) is 11.3. The molecule has 0 saturated heterocycles. The van der Waals surface area contributed by atoms with Crippen molar-refractivity contribution in [1.82, 2.24) is 0 Å². The molecule has 3 atom stereocenters. The van der Waals surface area contributed by atoms with E-state index in [4.69, 9.17) is 9.47 Å². The maximum atomic E-state index is 13.4. The van der Waals surface area contributed by atoms with E-state index in [0.29, 0.717) is 17.2 Å². The quantitative estimate of drug-likeness (QED) is 0.515. The van der Waals surface area contributed by atoms with Crippen LogP contribution in [-0.2, 0) is 4.79 Å². The standard InChI is InChI=1S/C18H22Br3NO3/c1-16(2)17(14(20)21)7-8-18(16,13(17)19)15(23)22-11-9-10(24-3)5-6-12(11)25-4/h5-6,9,13-14H,7-8H2,1-4H3,(H,22,23). The van der Waals surface area contributed by atoms with E-state index >= 15 is 0 Å². The van der Waals surface area contributed by atoms with Crippen LogP contribution in [0.2, 0.25) is 0 Å². The van der Waals surface area contributed by atoms with Crippen LogP contribution in [0.25, 0.3) is 0 Å². The van der Waals surface area contributed by atoms with Crippen molar-refractivity contribution in [3.8, 4) is 11.5 Å². The third-order valence-corrected chi connectivity index (χ3v) is 9.78. The minimum Gasteiger partial charge on any atom is -0.497 e. The third kappa shape index (κ3) is 2.30. The van der Waals surface area contributed by atoms with Gasteiger partial charge in [0.25, 0.3) is 0 Å². The predicted octanol–water partition coefficient (Wildman–Crippen LogP) is 5.33. The molecule has 3 fully saturated rings. The molecule has 1 N–H and O–H groups in total. The minimum atomic E-state index is -0.457. The molecule has 0 heterocycles. The summed E-state index contributed by atoms with van der Waals surface area (Å²) in [4.78, 5) is 13.5. The van der Waals surface area contributed by atoms with Crippen LogP contribution in [0.1, 0.15) is 26.7 Å². The molecule has 4 nitrogen and oxygen atoms in total. The van der Waals surface area contributed by atoms with Gasteiger partial charge in [-0.1, -0.05) is 61.6 Å². The summed E-state index contributed by atoms with van der Waals surface area (Å²) in [5, 5.41) is 3.09. The van der Waals surface area contributed by atoms with Gasteiger partial charge in [-0.3, -0.25) is 4.79 Å². The predicted molar refractivity (Wildman–Crippen MR) is 110 cm³/mol. The van der Waals surface area contributed by atoms with E-state index in [0.717, 1.165) is 12.8 Å². The average molecular weight is 540 g/mol. The van der Waals surface area contributed by atoms with Crippen LogP contribution in [0.15, 0.2) is 18.2 Å². The maximum Gasteiger partial charge on any atom is 0.232 e. The number of amides is 1. The van der Waals surface area contributed by atoms with E-state index in [1.54, 1.807) is 26.4 Å². The summed E-state index contributed by atoms with van der Waals surface area (Å²) in [5.74, 6) is 1.33. The number of benzene rings is 1. The molecule has 3 unspecified atom stereocenters. The van der Waals surface area contributed by atoms with Crippen LogP contribution in [0, 0.1) is 16.2 Å². The van der Waals surface area contributed by atoms with Gasteiger partial charge < -0.3 is 14.8 Å². The molecule has 3 aliphatic carbocycles. The largest absolute Gasteiger partial charge is 0.497 e. The van der Waals surface area contributed by atoms with Gasteiger partial charge in [0.1, 0.15) is 11.5 Å². The molecule has 1 aromatic carbocycles. The lowest BCUT2D eigenvalue weighted by Crippen LogP contribution is -2.71. The minimum absolute atomic E-state index is 0.00278. The summed E-state index contributed by atoms with van der Waals surface area (Å²) in [6.07, 6.45) is 1.83. The topological polar surface area (TPSA) is 47.6 Å². The first kappa shape index (κ1) is 19.5. The van der Waals surface area contributed by atoms with Crippen molar-refractivity contribution in [2.45, 2.75) is 35.3 Å². The van der Waals surface area contributed by atoms with Crippen LogP contribution >= 0.6 is 47.8 Å². The lowest BCUT2D eigenvalue weighted by Gasteiger charge is -2.66. The highest BCUT2D eigenvalue weighted by Gasteiger charge is 2.83. The molecular formula is C18H22Br3NO3. The molecule has 0 aromatic heterocycles. The molecule has 0 radical (unpaired) electrons. The van der Waals surface area contributed by atoms with Crippen LogP contribution in [0.5, 0.6) is 11.5 Å². The number of fused-ring (bicyclic) bond motifs is 1. The van der Waals surface area contributed by atoms with Crippen molar-refractivity contribution in [1.29, 1.82) is 0 Å². The zero-order valence-electron chi connectivity index (χ0n) is 14.7. The van der Waals surface area contributed by atoms with Crippen molar-refractivity contribution < 1.29 is 14.3 Å². The van der Waals surface area contributed by atoms with Gasteiger partial charge >= 0.3 is 0 Å². The summed E-state index contributed by atoms with van der Waals surface area (Å²) in [6, 6.07) is 5.41. The Morgan fingerprint density at radius 1 is 1.24 bits per heavy atom. The number of anilines is 1. The molecule has 2 bridgehead atoms. The summed E-state index contributed by atoms with van der Waals surface area (Å²) >= 11 is 11.3.